The fourth-order valence-corrected chi connectivity index (χ4v) is 2.73. The van der Waals surface area contributed by atoms with Gasteiger partial charge in [0.15, 0.2) is 0 Å². The van der Waals surface area contributed by atoms with E-state index in [1.165, 1.54) is 0 Å². The predicted molar refractivity (Wildman–Crippen MR) is 99.8 cm³/mol. The van der Waals surface area contributed by atoms with Crippen LogP contribution in [0.25, 0.3) is 0 Å². The molecule has 0 spiro atoms. The molecule has 0 radical (unpaired) electrons. The molecule has 1 aliphatic heterocycles. The summed E-state index contributed by atoms with van der Waals surface area (Å²) in [5.41, 5.74) is 0.998. The number of hydrogen-bond acceptors (Lipinski definition) is 6. The predicted octanol–water partition coefficient (Wildman–Crippen LogP) is -0.375. The first-order chi connectivity index (χ1) is 12.1. The van der Waals surface area contributed by atoms with Crippen molar-refractivity contribution < 1.29 is 24.5 Å². The second-order valence-electron chi connectivity index (χ2n) is 5.79. The summed E-state index contributed by atoms with van der Waals surface area (Å²) >= 11 is 0. The molecule has 0 saturated carbocycles. The summed E-state index contributed by atoms with van der Waals surface area (Å²) in [5.74, 6) is -0.0355. The summed E-state index contributed by atoms with van der Waals surface area (Å²) in [5, 5.41) is 20.5. The van der Waals surface area contributed by atoms with Gasteiger partial charge in [0.2, 0.25) is 11.8 Å². The Hall–Kier alpha value is -2.03. The fraction of sp³-hybridized carbons (Fsp3) is 0.529. The first-order valence-electron chi connectivity index (χ1n) is 8.29. The Kier molecular flexibility index (Phi) is 9.18. The molecule has 1 atom stereocenters. The lowest BCUT2D eigenvalue weighted by molar-refractivity contribution is -0.136. The third-order valence-electron chi connectivity index (χ3n) is 4.18. The van der Waals surface area contributed by atoms with Crippen molar-refractivity contribution in [3.63, 3.8) is 0 Å². The van der Waals surface area contributed by atoms with Crippen LogP contribution >= 0.6 is 12.4 Å². The normalized spacial score (nSPS) is 15.0. The van der Waals surface area contributed by atoms with E-state index in [4.69, 9.17) is 9.84 Å². The molecule has 1 fully saturated rings. The van der Waals surface area contributed by atoms with Gasteiger partial charge in [0.25, 0.3) is 0 Å². The zero-order chi connectivity index (χ0) is 18.2. The number of nitrogens with zero attached hydrogens (tertiary/aromatic N) is 2. The smallest absolute Gasteiger partial charge is 0.249 e. The average molecular weight is 388 g/mol. The first kappa shape index (κ1) is 22.0. The summed E-state index contributed by atoms with van der Waals surface area (Å²) in [7, 11) is 1.63. The number of rotatable bonds is 7. The minimum atomic E-state index is -1.29. The SMILES string of the molecule is COc1ccccc1N1CCN(C(=O)CNC(=O)C(O)CCO)CC1.Cl. The van der Waals surface area contributed by atoms with Crippen LogP contribution < -0.4 is 15.0 Å². The minimum absolute atomic E-state index is 0. The maximum atomic E-state index is 12.2. The van der Waals surface area contributed by atoms with Gasteiger partial charge in [-0.1, -0.05) is 12.1 Å². The lowest BCUT2D eigenvalue weighted by Gasteiger charge is -2.36. The number of carbonyl (C=O) groups is 2. The number of anilines is 1. The van der Waals surface area contributed by atoms with Crippen LogP contribution in [0, 0.1) is 0 Å². The van der Waals surface area contributed by atoms with Gasteiger partial charge in [-0.2, -0.15) is 0 Å². The van der Waals surface area contributed by atoms with Gasteiger partial charge in [-0.15, -0.1) is 12.4 Å². The third-order valence-corrected chi connectivity index (χ3v) is 4.18. The largest absolute Gasteiger partial charge is 0.495 e. The maximum absolute atomic E-state index is 12.2. The monoisotopic (exact) mass is 387 g/mol. The van der Waals surface area contributed by atoms with E-state index in [-0.39, 0.29) is 37.9 Å². The number of amides is 2. The van der Waals surface area contributed by atoms with Gasteiger partial charge in [0.1, 0.15) is 11.9 Å². The van der Waals surface area contributed by atoms with E-state index >= 15 is 0 Å². The zero-order valence-corrected chi connectivity index (χ0v) is 15.6. The van der Waals surface area contributed by atoms with Crippen molar-refractivity contribution in [3.8, 4) is 5.75 Å². The second kappa shape index (κ2) is 10.8. The topological polar surface area (TPSA) is 102 Å². The molecule has 3 N–H and O–H groups in total. The van der Waals surface area contributed by atoms with Gasteiger partial charge in [-0.05, 0) is 12.1 Å². The Balaban J connectivity index is 0.00000338. The fourth-order valence-electron chi connectivity index (χ4n) is 2.73. The van der Waals surface area contributed by atoms with Gasteiger partial charge in [0.05, 0.1) is 19.3 Å². The molecule has 1 saturated heterocycles. The highest BCUT2D eigenvalue weighted by atomic mass is 35.5. The van der Waals surface area contributed by atoms with Gasteiger partial charge < -0.3 is 30.1 Å². The first-order valence-corrected chi connectivity index (χ1v) is 8.29. The van der Waals surface area contributed by atoms with Crippen molar-refractivity contribution >= 4 is 29.9 Å². The Morgan fingerprint density at radius 3 is 2.50 bits per heavy atom. The van der Waals surface area contributed by atoms with E-state index in [2.05, 4.69) is 10.2 Å². The van der Waals surface area contributed by atoms with Gasteiger partial charge in [-0.25, -0.2) is 0 Å². The average Bonchev–Trinajstić information content (AvgIpc) is 2.66. The van der Waals surface area contributed by atoms with E-state index in [0.29, 0.717) is 26.2 Å². The number of halogens is 1. The molecule has 9 heteroatoms. The van der Waals surface area contributed by atoms with Crippen LogP contribution in [0.4, 0.5) is 5.69 Å². The summed E-state index contributed by atoms with van der Waals surface area (Å²) in [6, 6.07) is 7.75. The molecule has 2 rings (SSSR count). The third kappa shape index (κ3) is 5.76. The van der Waals surface area contributed by atoms with Crippen LogP contribution in [0.15, 0.2) is 24.3 Å². The highest BCUT2D eigenvalue weighted by Gasteiger charge is 2.23. The van der Waals surface area contributed by atoms with Crippen molar-refractivity contribution in [2.45, 2.75) is 12.5 Å². The number of methoxy groups -OCH3 is 1. The van der Waals surface area contributed by atoms with E-state index < -0.39 is 12.0 Å². The van der Waals surface area contributed by atoms with Gasteiger partial charge >= 0.3 is 0 Å². The van der Waals surface area contributed by atoms with Gasteiger partial charge in [-0.3, -0.25) is 9.59 Å². The Bertz CT molecular complexity index is 594. The summed E-state index contributed by atoms with van der Waals surface area (Å²) in [4.78, 5) is 27.6. The van der Waals surface area contributed by atoms with Crippen LogP contribution in [0.3, 0.4) is 0 Å². The standard InChI is InChI=1S/C17H25N3O5.ClH/c1-25-15-5-3-2-4-13(15)19-7-9-20(10-8-19)16(23)12-18-17(24)14(22)6-11-21;/h2-5,14,21-22H,6-12H2,1H3,(H,18,24);1H. The van der Waals surface area contributed by atoms with E-state index in [0.717, 1.165) is 11.4 Å². The van der Waals surface area contributed by atoms with Crippen LogP contribution in [-0.4, -0.2) is 79.5 Å². The molecule has 8 nitrogen and oxygen atoms in total. The minimum Gasteiger partial charge on any atom is -0.495 e. The van der Waals surface area contributed by atoms with E-state index in [9.17, 15) is 14.7 Å². The van der Waals surface area contributed by atoms with Crippen molar-refractivity contribution in [1.82, 2.24) is 10.2 Å². The molecule has 0 bridgehead atoms. The number of para-hydroxylation sites is 2. The number of nitrogens with one attached hydrogen (secondary N) is 1. The summed E-state index contributed by atoms with van der Waals surface area (Å²) in [6.45, 7) is 2.00. The number of carbonyl (C=O) groups excluding carboxylic acids is 2. The number of hydrogen-bond donors (Lipinski definition) is 3. The number of aliphatic hydroxyl groups is 2. The van der Waals surface area contributed by atoms with E-state index in [1.807, 2.05) is 24.3 Å². The van der Waals surface area contributed by atoms with Crippen molar-refractivity contribution in [2.24, 2.45) is 0 Å². The van der Waals surface area contributed by atoms with Crippen LogP contribution in [0.1, 0.15) is 6.42 Å². The summed E-state index contributed by atoms with van der Waals surface area (Å²) in [6.07, 6.45) is -1.34. The highest BCUT2D eigenvalue weighted by Crippen LogP contribution is 2.28. The van der Waals surface area contributed by atoms with Crippen molar-refractivity contribution in [3.05, 3.63) is 24.3 Å². The number of benzene rings is 1. The molecule has 26 heavy (non-hydrogen) atoms. The highest BCUT2D eigenvalue weighted by molar-refractivity contribution is 5.87. The van der Waals surface area contributed by atoms with Gasteiger partial charge in [0, 0.05) is 39.2 Å². The van der Waals surface area contributed by atoms with Crippen molar-refractivity contribution in [2.75, 3.05) is 51.3 Å². The van der Waals surface area contributed by atoms with Crippen LogP contribution in [-0.2, 0) is 9.59 Å². The molecule has 1 aromatic carbocycles. The van der Waals surface area contributed by atoms with Crippen LogP contribution in [0.2, 0.25) is 0 Å². The number of ether oxygens (including phenoxy) is 1. The zero-order valence-electron chi connectivity index (χ0n) is 14.8. The Morgan fingerprint density at radius 2 is 1.88 bits per heavy atom. The molecule has 146 valence electrons. The second-order valence-corrected chi connectivity index (χ2v) is 5.79. The molecular weight excluding hydrogens is 362 g/mol. The Labute approximate surface area is 159 Å². The van der Waals surface area contributed by atoms with Crippen LogP contribution in [0.5, 0.6) is 5.75 Å². The molecular formula is C17H26ClN3O5. The summed E-state index contributed by atoms with van der Waals surface area (Å²) < 4.78 is 5.37. The molecule has 0 aliphatic carbocycles. The van der Waals surface area contributed by atoms with E-state index in [1.54, 1.807) is 12.0 Å². The number of piperazine rings is 1. The molecule has 2 amide bonds. The molecule has 1 unspecified atom stereocenters. The molecule has 1 aromatic rings. The lowest BCUT2D eigenvalue weighted by Crippen LogP contribution is -2.52. The molecule has 0 aromatic heterocycles. The quantitative estimate of drug-likeness (QED) is 0.589. The Morgan fingerprint density at radius 1 is 1.23 bits per heavy atom. The maximum Gasteiger partial charge on any atom is 0.249 e. The lowest BCUT2D eigenvalue weighted by atomic mass is 10.2. The molecule has 1 heterocycles. The number of aliphatic hydroxyl groups excluding tert-OH is 2. The van der Waals surface area contributed by atoms with Crippen molar-refractivity contribution in [1.29, 1.82) is 0 Å². The molecule has 1 aliphatic rings.